The van der Waals surface area contributed by atoms with Crippen molar-refractivity contribution in [1.82, 2.24) is 0 Å². The number of halogens is 2. The number of nitrogens with one attached hydrogen (secondary N) is 2. The highest BCUT2D eigenvalue weighted by molar-refractivity contribution is 6.02. The molecule has 168 valence electrons. The molecule has 1 unspecified atom stereocenters. The number of hydrogen-bond donors (Lipinski definition) is 2. The molecular formula is C25H21F2N3O3. The summed E-state index contributed by atoms with van der Waals surface area (Å²) in [5.41, 5.74) is 2.55. The van der Waals surface area contributed by atoms with Crippen molar-refractivity contribution in [3.8, 4) is 0 Å². The van der Waals surface area contributed by atoms with Crippen LogP contribution in [0.1, 0.15) is 31.1 Å². The Morgan fingerprint density at radius 2 is 1.97 bits per heavy atom. The van der Waals surface area contributed by atoms with Gasteiger partial charge in [-0.1, -0.05) is 12.1 Å². The van der Waals surface area contributed by atoms with Crippen LogP contribution in [0.15, 0.2) is 76.5 Å². The number of hydrogen-bond acceptors (Lipinski definition) is 5. The summed E-state index contributed by atoms with van der Waals surface area (Å²) in [6, 6.07) is 13.1. The average molecular weight is 449 g/mol. The first-order valence-corrected chi connectivity index (χ1v) is 10.7. The van der Waals surface area contributed by atoms with Gasteiger partial charge in [-0.2, -0.15) is 0 Å². The van der Waals surface area contributed by atoms with Crippen molar-refractivity contribution >= 4 is 28.8 Å². The van der Waals surface area contributed by atoms with Gasteiger partial charge in [0.25, 0.3) is 0 Å². The maximum absolute atomic E-state index is 14.1. The van der Waals surface area contributed by atoms with Crippen LogP contribution < -0.4 is 15.5 Å². The molecule has 1 aromatic heterocycles. The molecule has 2 aliphatic rings. The van der Waals surface area contributed by atoms with Gasteiger partial charge in [0.15, 0.2) is 5.78 Å². The summed E-state index contributed by atoms with van der Waals surface area (Å²) in [4.78, 5) is 27.9. The van der Waals surface area contributed by atoms with Crippen LogP contribution in [0.4, 0.5) is 25.8 Å². The summed E-state index contributed by atoms with van der Waals surface area (Å²) in [6.07, 6.45) is 3.36. The summed E-state index contributed by atoms with van der Waals surface area (Å²) in [7, 11) is 0. The highest BCUT2D eigenvalue weighted by Gasteiger charge is 2.38. The number of allylic oxidation sites excluding steroid dienone is 1. The van der Waals surface area contributed by atoms with E-state index in [1.807, 2.05) is 24.3 Å². The van der Waals surface area contributed by atoms with Gasteiger partial charge in [-0.05, 0) is 49.2 Å². The molecule has 6 nitrogen and oxygen atoms in total. The Bertz CT molecular complexity index is 1250. The molecule has 2 aromatic carbocycles. The van der Waals surface area contributed by atoms with Crippen LogP contribution in [0.25, 0.3) is 0 Å². The maximum atomic E-state index is 14.1. The third-order valence-corrected chi connectivity index (χ3v) is 5.87. The highest BCUT2D eigenvalue weighted by Crippen LogP contribution is 2.44. The first-order valence-electron chi connectivity index (χ1n) is 10.7. The lowest BCUT2D eigenvalue weighted by Crippen LogP contribution is -2.38. The van der Waals surface area contributed by atoms with E-state index in [0.29, 0.717) is 29.9 Å². The van der Waals surface area contributed by atoms with Crippen molar-refractivity contribution in [1.29, 1.82) is 0 Å². The fourth-order valence-electron chi connectivity index (χ4n) is 4.45. The van der Waals surface area contributed by atoms with E-state index in [1.54, 1.807) is 17.0 Å². The zero-order valence-electron chi connectivity index (χ0n) is 17.6. The number of para-hydroxylation sites is 2. The lowest BCUT2D eigenvalue weighted by atomic mass is 9.88. The molecule has 0 saturated heterocycles. The van der Waals surface area contributed by atoms with Crippen LogP contribution in [0.3, 0.4) is 0 Å². The summed E-state index contributed by atoms with van der Waals surface area (Å²) in [6.45, 7) is -0.218. The third-order valence-electron chi connectivity index (χ3n) is 5.87. The van der Waals surface area contributed by atoms with E-state index in [9.17, 15) is 18.4 Å². The molecule has 0 fully saturated rings. The molecule has 0 spiro atoms. The van der Waals surface area contributed by atoms with Crippen molar-refractivity contribution in [2.45, 2.75) is 25.3 Å². The van der Waals surface area contributed by atoms with Gasteiger partial charge in [0.2, 0.25) is 5.91 Å². The molecule has 0 bridgehead atoms. The normalized spacial score (nSPS) is 17.7. The van der Waals surface area contributed by atoms with Crippen LogP contribution in [-0.2, 0) is 9.59 Å². The van der Waals surface area contributed by atoms with Crippen LogP contribution in [0, 0.1) is 11.6 Å². The quantitative estimate of drug-likeness (QED) is 0.574. The smallest absolute Gasteiger partial charge is 0.244 e. The van der Waals surface area contributed by atoms with Crippen molar-refractivity contribution in [2.75, 3.05) is 22.1 Å². The first kappa shape index (κ1) is 20.9. The maximum Gasteiger partial charge on any atom is 0.244 e. The summed E-state index contributed by atoms with van der Waals surface area (Å²) < 4.78 is 33.4. The number of anilines is 3. The van der Waals surface area contributed by atoms with Crippen LogP contribution in [-0.4, -0.2) is 18.2 Å². The molecule has 0 saturated carbocycles. The van der Waals surface area contributed by atoms with Gasteiger partial charge in [-0.3, -0.25) is 9.59 Å². The second-order valence-corrected chi connectivity index (χ2v) is 8.03. The minimum absolute atomic E-state index is 0.0143. The van der Waals surface area contributed by atoms with Crippen molar-refractivity contribution in [3.63, 3.8) is 0 Å². The van der Waals surface area contributed by atoms with Gasteiger partial charge in [-0.25, -0.2) is 8.78 Å². The molecular weight excluding hydrogens is 428 g/mol. The Kier molecular flexibility index (Phi) is 5.42. The molecule has 1 aliphatic heterocycles. The average Bonchev–Trinajstić information content (AvgIpc) is 3.28. The molecule has 2 N–H and O–H groups in total. The summed E-state index contributed by atoms with van der Waals surface area (Å²) in [5, 5.41) is 5.84. The van der Waals surface area contributed by atoms with Gasteiger partial charge >= 0.3 is 0 Å². The number of amides is 1. The van der Waals surface area contributed by atoms with Gasteiger partial charge in [0.05, 0.1) is 29.9 Å². The second kappa shape index (κ2) is 8.54. The molecule has 3 aromatic rings. The fourth-order valence-corrected chi connectivity index (χ4v) is 4.45. The minimum atomic E-state index is -0.738. The van der Waals surface area contributed by atoms with E-state index >= 15 is 0 Å². The molecule has 2 heterocycles. The highest BCUT2D eigenvalue weighted by atomic mass is 19.1. The number of carbonyl (C=O) groups excluding carboxylic acids is 2. The molecule has 33 heavy (non-hydrogen) atoms. The Labute approximate surface area is 188 Å². The Hall–Kier alpha value is -3.94. The van der Waals surface area contributed by atoms with Gasteiger partial charge in [-0.15, -0.1) is 0 Å². The Balaban J connectivity index is 1.58. The van der Waals surface area contributed by atoms with E-state index < -0.39 is 23.6 Å². The van der Waals surface area contributed by atoms with Crippen molar-refractivity contribution < 1.29 is 22.8 Å². The Morgan fingerprint density at radius 3 is 2.79 bits per heavy atom. The number of ketones is 1. The third kappa shape index (κ3) is 4.00. The van der Waals surface area contributed by atoms with Crippen LogP contribution in [0.2, 0.25) is 0 Å². The number of nitrogens with zero attached hydrogens (tertiary/aromatic N) is 1. The molecule has 1 amide bonds. The van der Waals surface area contributed by atoms with Crippen molar-refractivity contribution in [2.24, 2.45) is 0 Å². The molecule has 1 aliphatic carbocycles. The summed E-state index contributed by atoms with van der Waals surface area (Å²) in [5.74, 6) is -1.46. The largest absolute Gasteiger partial charge is 0.467 e. The number of Topliss-reactive ketones (excluding diaryl/α,β-unsaturated/α-hetero) is 1. The SMILES string of the molecule is O=C(CN1c2ccccc2NC2=C(C(=O)CCC2)C1c1ccco1)Nc1cc(F)ccc1F. The molecule has 5 rings (SSSR count). The van der Waals surface area contributed by atoms with E-state index in [4.69, 9.17) is 4.42 Å². The van der Waals surface area contributed by atoms with Crippen LogP contribution >= 0.6 is 0 Å². The predicted octanol–water partition coefficient (Wildman–Crippen LogP) is 5.18. The van der Waals surface area contributed by atoms with Crippen molar-refractivity contribution in [3.05, 3.63) is 89.5 Å². The Morgan fingerprint density at radius 1 is 1.12 bits per heavy atom. The first-order chi connectivity index (χ1) is 16.0. The number of furan rings is 1. The van der Waals surface area contributed by atoms with Gasteiger partial charge < -0.3 is 20.0 Å². The van der Waals surface area contributed by atoms with E-state index in [2.05, 4.69) is 10.6 Å². The fraction of sp³-hybridized carbons (Fsp3) is 0.200. The van der Waals surface area contributed by atoms with Crippen LogP contribution in [0.5, 0.6) is 0 Å². The standard InChI is InChI=1S/C25H21F2N3O3/c26-15-10-11-16(27)19(13-15)29-23(32)14-30-20-7-2-1-5-17(20)28-18-6-3-8-21(31)24(18)25(30)22-9-4-12-33-22/h1-2,4-5,7,9-13,25,28H,3,6,8,14H2,(H,29,32). The molecule has 8 heteroatoms. The lowest BCUT2D eigenvalue weighted by molar-refractivity contribution is -0.117. The van der Waals surface area contributed by atoms with E-state index in [-0.39, 0.29) is 18.0 Å². The topological polar surface area (TPSA) is 74.6 Å². The lowest BCUT2D eigenvalue weighted by Gasteiger charge is -2.33. The molecule has 0 radical (unpaired) electrons. The zero-order chi connectivity index (χ0) is 22.9. The number of rotatable bonds is 4. The second-order valence-electron chi connectivity index (χ2n) is 8.03. The number of benzene rings is 2. The minimum Gasteiger partial charge on any atom is -0.467 e. The number of carbonyl (C=O) groups is 2. The van der Waals surface area contributed by atoms with Gasteiger partial charge in [0, 0.05) is 23.8 Å². The van der Waals surface area contributed by atoms with E-state index in [1.165, 1.54) is 6.26 Å². The zero-order valence-corrected chi connectivity index (χ0v) is 17.6. The van der Waals surface area contributed by atoms with Gasteiger partial charge in [0.1, 0.15) is 23.4 Å². The summed E-state index contributed by atoms with van der Waals surface area (Å²) >= 11 is 0. The monoisotopic (exact) mass is 449 g/mol. The molecule has 1 atom stereocenters. The van der Waals surface area contributed by atoms with E-state index in [0.717, 1.165) is 36.0 Å². The predicted molar refractivity (Wildman–Crippen MR) is 120 cm³/mol. The number of fused-ring (bicyclic) bond motifs is 1.